The van der Waals surface area contributed by atoms with Gasteiger partial charge in [0.25, 0.3) is 0 Å². The summed E-state index contributed by atoms with van der Waals surface area (Å²) in [4.78, 5) is 14.7. The van der Waals surface area contributed by atoms with Gasteiger partial charge >= 0.3 is 0 Å². The summed E-state index contributed by atoms with van der Waals surface area (Å²) in [6, 6.07) is 8.27. The van der Waals surface area contributed by atoms with Crippen LogP contribution < -0.4 is 11.1 Å². The number of amides is 1. The molecular formula is C19H28N4O. The van der Waals surface area contributed by atoms with Crippen LogP contribution in [0.3, 0.4) is 0 Å². The zero-order valence-corrected chi connectivity index (χ0v) is 14.7. The van der Waals surface area contributed by atoms with E-state index in [1.807, 2.05) is 6.07 Å². The first-order valence-electron chi connectivity index (χ1n) is 8.83. The topological polar surface area (TPSA) is 63.3 Å². The molecular weight excluding hydrogens is 300 g/mol. The summed E-state index contributed by atoms with van der Waals surface area (Å²) in [7, 11) is 4.15. The lowest BCUT2D eigenvalue weighted by Crippen LogP contribution is -2.29. The molecule has 24 heavy (non-hydrogen) atoms. The highest BCUT2D eigenvalue weighted by Crippen LogP contribution is 2.32. The van der Waals surface area contributed by atoms with Gasteiger partial charge in [0.1, 0.15) is 0 Å². The number of carbonyl (C=O) groups excluding carboxylic acids is 1. The number of fused-ring (bicyclic) bond motifs is 1. The smallest absolute Gasteiger partial charge is 0.227 e. The van der Waals surface area contributed by atoms with E-state index in [1.165, 1.54) is 5.39 Å². The van der Waals surface area contributed by atoms with Crippen LogP contribution in [0.1, 0.15) is 19.3 Å². The van der Waals surface area contributed by atoms with Crippen molar-refractivity contribution in [2.75, 3.05) is 32.5 Å². The molecule has 5 heteroatoms. The highest BCUT2D eigenvalue weighted by atomic mass is 16.1. The predicted molar refractivity (Wildman–Crippen MR) is 99.0 cm³/mol. The van der Waals surface area contributed by atoms with E-state index in [9.17, 15) is 4.79 Å². The van der Waals surface area contributed by atoms with Crippen molar-refractivity contribution in [2.24, 2.45) is 17.6 Å². The number of rotatable bonds is 6. The van der Waals surface area contributed by atoms with Gasteiger partial charge in [0.05, 0.1) is 5.52 Å². The minimum Gasteiger partial charge on any atom is -0.346 e. The molecule has 1 aliphatic rings. The number of nitrogens with two attached hydrogens (primary N) is 1. The van der Waals surface area contributed by atoms with Crippen molar-refractivity contribution in [1.29, 1.82) is 0 Å². The average molecular weight is 328 g/mol. The van der Waals surface area contributed by atoms with Gasteiger partial charge in [-0.1, -0.05) is 12.5 Å². The van der Waals surface area contributed by atoms with Crippen molar-refractivity contribution in [3.8, 4) is 0 Å². The van der Waals surface area contributed by atoms with E-state index in [2.05, 4.69) is 53.3 Å². The van der Waals surface area contributed by atoms with Gasteiger partial charge in [-0.2, -0.15) is 0 Å². The van der Waals surface area contributed by atoms with Crippen molar-refractivity contribution < 1.29 is 4.79 Å². The molecule has 0 radical (unpaired) electrons. The lowest BCUT2D eigenvalue weighted by Gasteiger charge is -2.17. The Labute approximate surface area is 143 Å². The van der Waals surface area contributed by atoms with Gasteiger partial charge in [-0.25, -0.2) is 0 Å². The van der Waals surface area contributed by atoms with E-state index in [0.29, 0.717) is 12.5 Å². The fourth-order valence-electron chi connectivity index (χ4n) is 3.66. The van der Waals surface area contributed by atoms with Crippen molar-refractivity contribution in [1.82, 2.24) is 9.47 Å². The molecule has 1 aliphatic carbocycles. The van der Waals surface area contributed by atoms with Crippen molar-refractivity contribution in [3.05, 3.63) is 30.5 Å². The zero-order valence-electron chi connectivity index (χ0n) is 14.7. The summed E-state index contributed by atoms with van der Waals surface area (Å²) in [5.41, 5.74) is 7.84. The molecule has 0 unspecified atom stereocenters. The second-order valence-corrected chi connectivity index (χ2v) is 7.11. The first-order chi connectivity index (χ1) is 11.6. The zero-order chi connectivity index (χ0) is 17.1. The molecule has 0 bridgehead atoms. The van der Waals surface area contributed by atoms with Crippen molar-refractivity contribution in [3.63, 3.8) is 0 Å². The number of benzene rings is 1. The number of hydrogen-bond donors (Lipinski definition) is 2. The van der Waals surface area contributed by atoms with Gasteiger partial charge in [0.2, 0.25) is 5.91 Å². The molecule has 1 aromatic heterocycles. The molecule has 1 aromatic carbocycles. The highest BCUT2D eigenvalue weighted by molar-refractivity contribution is 5.95. The number of likely N-dealkylation sites (N-methyl/N-ethyl adjacent to an activating group) is 1. The number of nitrogens with zero attached hydrogens (tertiary/aromatic N) is 2. The van der Waals surface area contributed by atoms with Crippen LogP contribution in [0.5, 0.6) is 0 Å². The van der Waals surface area contributed by atoms with Gasteiger partial charge in [-0.3, -0.25) is 4.79 Å². The number of anilines is 1. The monoisotopic (exact) mass is 328 g/mol. The summed E-state index contributed by atoms with van der Waals surface area (Å²) in [5, 5.41) is 4.31. The number of carbonyl (C=O) groups is 1. The van der Waals surface area contributed by atoms with E-state index in [4.69, 9.17) is 5.73 Å². The quantitative estimate of drug-likeness (QED) is 0.856. The van der Waals surface area contributed by atoms with E-state index >= 15 is 0 Å². The first kappa shape index (κ1) is 17.0. The fraction of sp³-hybridized carbons (Fsp3) is 0.526. The summed E-state index contributed by atoms with van der Waals surface area (Å²) in [5.74, 6) is 0.512. The van der Waals surface area contributed by atoms with Crippen LogP contribution in [0, 0.1) is 11.8 Å². The largest absolute Gasteiger partial charge is 0.346 e. The third kappa shape index (κ3) is 3.62. The Morgan fingerprint density at radius 2 is 2.17 bits per heavy atom. The average Bonchev–Trinajstić information content (AvgIpc) is 3.19. The van der Waals surface area contributed by atoms with Gasteiger partial charge < -0.3 is 20.5 Å². The molecule has 0 aliphatic heterocycles. The molecule has 0 saturated heterocycles. The Balaban J connectivity index is 1.75. The molecule has 2 aromatic rings. The van der Waals surface area contributed by atoms with E-state index in [1.54, 1.807) is 0 Å². The molecule has 3 rings (SSSR count). The second-order valence-electron chi connectivity index (χ2n) is 7.11. The van der Waals surface area contributed by atoms with Crippen LogP contribution in [-0.2, 0) is 11.3 Å². The Morgan fingerprint density at radius 3 is 2.92 bits per heavy atom. The molecule has 3 N–H and O–H groups in total. The summed E-state index contributed by atoms with van der Waals surface area (Å²) >= 11 is 0. The third-order valence-electron chi connectivity index (χ3n) is 5.13. The summed E-state index contributed by atoms with van der Waals surface area (Å²) < 4.78 is 2.24. The van der Waals surface area contributed by atoms with E-state index < -0.39 is 0 Å². The predicted octanol–water partition coefficient (Wildman–Crippen LogP) is 2.52. The molecule has 130 valence electrons. The minimum atomic E-state index is 0.0613. The van der Waals surface area contributed by atoms with Crippen LogP contribution >= 0.6 is 0 Å². The first-order valence-corrected chi connectivity index (χ1v) is 8.83. The van der Waals surface area contributed by atoms with Crippen LogP contribution in [-0.4, -0.2) is 42.6 Å². The molecule has 1 heterocycles. The third-order valence-corrected chi connectivity index (χ3v) is 5.13. The lowest BCUT2D eigenvalue weighted by atomic mass is 9.95. The van der Waals surface area contributed by atoms with Crippen LogP contribution in [0.25, 0.3) is 10.9 Å². The number of hydrogen-bond acceptors (Lipinski definition) is 3. The maximum absolute atomic E-state index is 12.6. The Morgan fingerprint density at radius 1 is 1.33 bits per heavy atom. The van der Waals surface area contributed by atoms with Gasteiger partial charge in [-0.15, -0.1) is 0 Å². The molecule has 1 saturated carbocycles. The lowest BCUT2D eigenvalue weighted by molar-refractivity contribution is -0.120. The van der Waals surface area contributed by atoms with Gasteiger partial charge in [0, 0.05) is 30.9 Å². The van der Waals surface area contributed by atoms with Gasteiger partial charge in [0.15, 0.2) is 0 Å². The number of nitrogens with one attached hydrogen (secondary N) is 1. The molecule has 1 amide bonds. The van der Waals surface area contributed by atoms with Crippen molar-refractivity contribution >= 4 is 22.5 Å². The van der Waals surface area contributed by atoms with Crippen LogP contribution in [0.2, 0.25) is 0 Å². The minimum absolute atomic E-state index is 0.0613. The maximum Gasteiger partial charge on any atom is 0.227 e. The van der Waals surface area contributed by atoms with E-state index in [0.717, 1.165) is 43.6 Å². The highest BCUT2D eigenvalue weighted by Gasteiger charge is 2.31. The molecule has 1 fully saturated rings. The maximum atomic E-state index is 12.6. The summed E-state index contributed by atoms with van der Waals surface area (Å²) in [6.45, 7) is 2.52. The van der Waals surface area contributed by atoms with Crippen LogP contribution in [0.4, 0.5) is 5.69 Å². The Bertz CT molecular complexity index is 706. The molecule has 0 spiro atoms. The summed E-state index contributed by atoms with van der Waals surface area (Å²) in [6.07, 6.45) is 5.24. The SMILES string of the molecule is CN(C)CCn1ccc2ccc(NC(=O)[C@@H]3CCC[C@@H]3CN)cc21. The molecule has 2 atom stereocenters. The normalized spacial score (nSPS) is 20.8. The standard InChI is InChI=1S/C19H28N4O/c1-22(2)10-11-23-9-8-14-6-7-16(12-18(14)23)21-19(24)17-5-3-4-15(17)13-20/h6-9,12,15,17H,3-5,10-11,13,20H2,1-2H3,(H,21,24)/t15-,17-/m1/s1. The fourth-order valence-corrected chi connectivity index (χ4v) is 3.66. The van der Waals surface area contributed by atoms with Crippen molar-refractivity contribution in [2.45, 2.75) is 25.8 Å². The Kier molecular flexibility index (Phi) is 5.21. The van der Waals surface area contributed by atoms with Crippen LogP contribution in [0.15, 0.2) is 30.5 Å². The second kappa shape index (κ2) is 7.36. The van der Waals surface area contributed by atoms with E-state index in [-0.39, 0.29) is 11.8 Å². The number of aromatic nitrogens is 1. The molecule has 5 nitrogen and oxygen atoms in total. The van der Waals surface area contributed by atoms with Gasteiger partial charge in [-0.05, 0) is 63.0 Å². The Hall–Kier alpha value is -1.85.